The Hall–Kier alpha value is -2.82. The van der Waals surface area contributed by atoms with Gasteiger partial charge in [-0.2, -0.15) is 0 Å². The monoisotopic (exact) mass is 394 g/mol. The van der Waals surface area contributed by atoms with E-state index in [0.29, 0.717) is 6.61 Å². The van der Waals surface area contributed by atoms with E-state index in [1.807, 2.05) is 55.5 Å². The number of amides is 2. The van der Waals surface area contributed by atoms with Gasteiger partial charge in [-0.25, -0.2) is 0 Å². The molecule has 0 unspecified atom stereocenters. The van der Waals surface area contributed by atoms with Gasteiger partial charge in [-0.1, -0.05) is 25.1 Å². The standard InChI is InChI=1S/C24H30N2O3/c1-3-17-7-5-6-8-22(17)26-24(28)19-11-9-18(10-12-19)23(27)25-20-13-15-21(16-14-20)29-4-2/h5-8,13-16,18-19H,3-4,9-12H2,1-2H3,(H,25,27)(H,26,28). The minimum Gasteiger partial charge on any atom is -0.494 e. The smallest absolute Gasteiger partial charge is 0.227 e. The topological polar surface area (TPSA) is 67.4 Å². The van der Waals surface area contributed by atoms with Gasteiger partial charge in [0.1, 0.15) is 5.75 Å². The lowest BCUT2D eigenvalue weighted by atomic mass is 9.81. The Morgan fingerprint density at radius 3 is 2.03 bits per heavy atom. The Bertz CT molecular complexity index is 824. The van der Waals surface area contributed by atoms with Crippen LogP contribution in [0.1, 0.15) is 45.1 Å². The lowest BCUT2D eigenvalue weighted by molar-refractivity contribution is -0.125. The Balaban J connectivity index is 1.49. The van der Waals surface area contributed by atoms with E-state index in [4.69, 9.17) is 4.74 Å². The molecule has 0 saturated heterocycles. The molecule has 0 atom stereocenters. The first kappa shape index (κ1) is 20.9. The number of hydrogen-bond donors (Lipinski definition) is 2. The van der Waals surface area contributed by atoms with Crippen molar-refractivity contribution in [1.29, 1.82) is 0 Å². The van der Waals surface area contributed by atoms with E-state index >= 15 is 0 Å². The molecule has 3 rings (SSSR count). The number of ether oxygens (including phenoxy) is 1. The maximum atomic E-state index is 12.7. The van der Waals surface area contributed by atoms with Gasteiger partial charge in [-0.15, -0.1) is 0 Å². The second-order valence-corrected chi connectivity index (χ2v) is 7.50. The number of aryl methyl sites for hydroxylation is 1. The minimum absolute atomic E-state index is 0.0318. The van der Waals surface area contributed by atoms with Crippen LogP contribution in [0.5, 0.6) is 5.75 Å². The summed E-state index contributed by atoms with van der Waals surface area (Å²) in [6, 6.07) is 15.3. The molecular formula is C24H30N2O3. The third kappa shape index (κ3) is 5.59. The van der Waals surface area contributed by atoms with Crippen LogP contribution in [0, 0.1) is 11.8 Å². The molecule has 0 spiro atoms. The predicted octanol–water partition coefficient (Wildman–Crippen LogP) is 5.03. The summed E-state index contributed by atoms with van der Waals surface area (Å²) in [7, 11) is 0. The average Bonchev–Trinajstić information content (AvgIpc) is 2.75. The first-order chi connectivity index (χ1) is 14.1. The summed E-state index contributed by atoms with van der Waals surface area (Å²) in [5, 5.41) is 6.06. The van der Waals surface area contributed by atoms with Crippen LogP contribution in [-0.4, -0.2) is 18.4 Å². The number of para-hydroxylation sites is 1. The van der Waals surface area contributed by atoms with Crippen molar-refractivity contribution in [1.82, 2.24) is 0 Å². The molecule has 0 bridgehead atoms. The molecule has 0 radical (unpaired) electrons. The van der Waals surface area contributed by atoms with Crippen molar-refractivity contribution in [3.63, 3.8) is 0 Å². The molecule has 2 aromatic carbocycles. The van der Waals surface area contributed by atoms with Gasteiger partial charge in [0, 0.05) is 23.2 Å². The number of hydrogen-bond acceptors (Lipinski definition) is 3. The molecule has 0 aliphatic heterocycles. The highest BCUT2D eigenvalue weighted by molar-refractivity contribution is 5.95. The van der Waals surface area contributed by atoms with Crippen LogP contribution in [0.15, 0.2) is 48.5 Å². The minimum atomic E-state index is -0.0476. The number of anilines is 2. The van der Waals surface area contributed by atoms with E-state index < -0.39 is 0 Å². The molecule has 1 saturated carbocycles. The zero-order valence-electron chi connectivity index (χ0n) is 17.2. The van der Waals surface area contributed by atoms with Crippen molar-refractivity contribution in [3.05, 3.63) is 54.1 Å². The van der Waals surface area contributed by atoms with E-state index in [1.54, 1.807) is 0 Å². The molecule has 2 N–H and O–H groups in total. The molecule has 29 heavy (non-hydrogen) atoms. The number of carbonyl (C=O) groups is 2. The molecule has 1 aliphatic rings. The highest BCUT2D eigenvalue weighted by atomic mass is 16.5. The molecule has 1 aliphatic carbocycles. The first-order valence-electron chi connectivity index (χ1n) is 10.5. The summed E-state index contributed by atoms with van der Waals surface area (Å²) in [5.41, 5.74) is 2.81. The average molecular weight is 395 g/mol. The zero-order chi connectivity index (χ0) is 20.6. The molecule has 5 heteroatoms. The van der Waals surface area contributed by atoms with Gasteiger partial charge < -0.3 is 15.4 Å². The van der Waals surface area contributed by atoms with E-state index in [9.17, 15) is 9.59 Å². The lowest BCUT2D eigenvalue weighted by Crippen LogP contribution is -2.32. The molecule has 1 fully saturated rings. The molecule has 0 aromatic heterocycles. The summed E-state index contributed by atoms with van der Waals surface area (Å²) in [6.45, 7) is 4.64. The fourth-order valence-electron chi connectivity index (χ4n) is 3.85. The van der Waals surface area contributed by atoms with Gasteiger partial charge in [0.15, 0.2) is 0 Å². The van der Waals surface area contributed by atoms with Crippen molar-refractivity contribution in [3.8, 4) is 5.75 Å². The Morgan fingerprint density at radius 2 is 1.45 bits per heavy atom. The van der Waals surface area contributed by atoms with Gasteiger partial charge in [-0.3, -0.25) is 9.59 Å². The van der Waals surface area contributed by atoms with Crippen molar-refractivity contribution >= 4 is 23.2 Å². The van der Waals surface area contributed by atoms with Crippen molar-refractivity contribution in [2.45, 2.75) is 46.0 Å². The quantitative estimate of drug-likeness (QED) is 0.692. The summed E-state index contributed by atoms with van der Waals surface area (Å²) in [6.07, 6.45) is 3.82. The maximum absolute atomic E-state index is 12.7. The lowest BCUT2D eigenvalue weighted by Gasteiger charge is -2.27. The summed E-state index contributed by atoms with van der Waals surface area (Å²) >= 11 is 0. The van der Waals surface area contributed by atoms with Gasteiger partial charge in [-0.05, 0) is 74.9 Å². The van der Waals surface area contributed by atoms with E-state index in [2.05, 4.69) is 17.6 Å². The number of nitrogens with one attached hydrogen (secondary N) is 2. The number of carbonyl (C=O) groups excluding carboxylic acids is 2. The third-order valence-electron chi connectivity index (χ3n) is 5.56. The van der Waals surface area contributed by atoms with Crippen LogP contribution >= 0.6 is 0 Å². The number of rotatable bonds is 7. The Morgan fingerprint density at radius 1 is 0.862 bits per heavy atom. The van der Waals surface area contributed by atoms with Crippen LogP contribution in [-0.2, 0) is 16.0 Å². The van der Waals surface area contributed by atoms with E-state index in [0.717, 1.165) is 54.8 Å². The predicted molar refractivity (Wildman–Crippen MR) is 116 cm³/mol. The van der Waals surface area contributed by atoms with Crippen molar-refractivity contribution in [2.24, 2.45) is 11.8 Å². The van der Waals surface area contributed by atoms with Gasteiger partial charge >= 0.3 is 0 Å². The summed E-state index contributed by atoms with van der Waals surface area (Å²) < 4.78 is 5.42. The molecule has 154 valence electrons. The maximum Gasteiger partial charge on any atom is 0.227 e. The highest BCUT2D eigenvalue weighted by Gasteiger charge is 2.30. The molecule has 5 nitrogen and oxygen atoms in total. The van der Waals surface area contributed by atoms with Crippen LogP contribution in [0.3, 0.4) is 0 Å². The normalized spacial score (nSPS) is 18.7. The Kier molecular flexibility index (Phi) is 7.28. The zero-order valence-corrected chi connectivity index (χ0v) is 17.2. The first-order valence-corrected chi connectivity index (χ1v) is 10.5. The fraction of sp³-hybridized carbons (Fsp3) is 0.417. The van der Waals surface area contributed by atoms with Gasteiger partial charge in [0.05, 0.1) is 6.61 Å². The second kappa shape index (κ2) is 10.1. The molecule has 2 amide bonds. The fourth-order valence-corrected chi connectivity index (χ4v) is 3.85. The van der Waals surface area contributed by atoms with Gasteiger partial charge in [0.25, 0.3) is 0 Å². The summed E-state index contributed by atoms with van der Waals surface area (Å²) in [5.74, 6) is 0.810. The largest absolute Gasteiger partial charge is 0.494 e. The van der Waals surface area contributed by atoms with Gasteiger partial charge in [0.2, 0.25) is 11.8 Å². The second-order valence-electron chi connectivity index (χ2n) is 7.50. The SMILES string of the molecule is CCOc1ccc(NC(=O)C2CCC(C(=O)Nc3ccccc3CC)CC2)cc1. The Labute approximate surface area is 172 Å². The summed E-state index contributed by atoms with van der Waals surface area (Å²) in [4.78, 5) is 25.3. The molecule has 0 heterocycles. The van der Waals surface area contributed by atoms with Crippen molar-refractivity contribution in [2.75, 3.05) is 17.2 Å². The van der Waals surface area contributed by atoms with Crippen LogP contribution in [0.25, 0.3) is 0 Å². The number of benzene rings is 2. The van der Waals surface area contributed by atoms with E-state index in [-0.39, 0.29) is 23.7 Å². The van der Waals surface area contributed by atoms with E-state index in [1.165, 1.54) is 0 Å². The highest BCUT2D eigenvalue weighted by Crippen LogP contribution is 2.31. The molecule has 2 aromatic rings. The van der Waals surface area contributed by atoms with Crippen LogP contribution < -0.4 is 15.4 Å². The van der Waals surface area contributed by atoms with Crippen molar-refractivity contribution < 1.29 is 14.3 Å². The van der Waals surface area contributed by atoms with Crippen LogP contribution in [0.4, 0.5) is 11.4 Å². The third-order valence-corrected chi connectivity index (χ3v) is 5.56. The molecular weight excluding hydrogens is 364 g/mol. The van der Waals surface area contributed by atoms with Crippen LogP contribution in [0.2, 0.25) is 0 Å².